The van der Waals surface area contributed by atoms with Gasteiger partial charge in [-0.3, -0.25) is 9.78 Å². The molecule has 0 fully saturated rings. The number of carbonyl (C=O) groups is 1. The zero-order valence-corrected chi connectivity index (χ0v) is 12.6. The summed E-state index contributed by atoms with van der Waals surface area (Å²) in [6.07, 6.45) is 3.51. The maximum Gasteiger partial charge on any atom is 0.229 e. The Bertz CT molecular complexity index is 579. The van der Waals surface area contributed by atoms with Crippen molar-refractivity contribution in [1.82, 2.24) is 4.98 Å². The van der Waals surface area contributed by atoms with Crippen LogP contribution in [0.2, 0.25) is 0 Å². The fourth-order valence-corrected chi connectivity index (χ4v) is 2.04. The smallest absolute Gasteiger partial charge is 0.229 e. The Hall–Kier alpha value is -2.36. The summed E-state index contributed by atoms with van der Waals surface area (Å²) in [5.41, 5.74) is 1.86. The van der Waals surface area contributed by atoms with E-state index in [1.807, 2.05) is 50.2 Å². The van der Waals surface area contributed by atoms with Crippen molar-refractivity contribution in [1.29, 1.82) is 0 Å². The van der Waals surface area contributed by atoms with E-state index in [9.17, 15) is 4.79 Å². The second-order valence-electron chi connectivity index (χ2n) is 5.14. The number of carbonyl (C=O) groups excluding carboxylic acids is 1. The highest BCUT2D eigenvalue weighted by Crippen LogP contribution is 2.22. The molecule has 2 rings (SSSR count). The molecule has 4 nitrogen and oxygen atoms in total. The highest BCUT2D eigenvalue weighted by molar-refractivity contribution is 5.94. The van der Waals surface area contributed by atoms with Gasteiger partial charge in [0.25, 0.3) is 0 Å². The van der Waals surface area contributed by atoms with Crippen molar-refractivity contribution in [2.75, 3.05) is 12.0 Å². The van der Waals surface area contributed by atoms with E-state index in [-0.39, 0.29) is 11.8 Å². The lowest BCUT2D eigenvalue weighted by molar-refractivity contribution is -0.121. The fraction of sp³-hybridized carbons (Fsp3) is 0.294. The Morgan fingerprint density at radius 3 is 2.48 bits per heavy atom. The first kappa shape index (κ1) is 15.0. The van der Waals surface area contributed by atoms with Crippen molar-refractivity contribution in [3.8, 4) is 5.75 Å². The van der Waals surface area contributed by atoms with Crippen LogP contribution < -0.4 is 9.64 Å². The van der Waals surface area contributed by atoms with Crippen LogP contribution in [0.1, 0.15) is 19.4 Å². The van der Waals surface area contributed by atoms with Gasteiger partial charge < -0.3 is 9.64 Å². The fourth-order valence-electron chi connectivity index (χ4n) is 2.04. The topological polar surface area (TPSA) is 42.4 Å². The molecular formula is C17H20N2O2. The van der Waals surface area contributed by atoms with Gasteiger partial charge in [-0.05, 0) is 35.9 Å². The molecule has 0 saturated heterocycles. The molecule has 1 aromatic carbocycles. The average Bonchev–Trinajstić information content (AvgIpc) is 2.53. The summed E-state index contributed by atoms with van der Waals surface area (Å²) >= 11 is 0. The summed E-state index contributed by atoms with van der Waals surface area (Å²) in [6.45, 7) is 4.32. The third-order valence-corrected chi connectivity index (χ3v) is 3.21. The van der Waals surface area contributed by atoms with Crippen LogP contribution >= 0.6 is 0 Å². The number of rotatable bonds is 5. The van der Waals surface area contributed by atoms with Crippen LogP contribution in [0.15, 0.2) is 48.8 Å². The van der Waals surface area contributed by atoms with Gasteiger partial charge in [-0.15, -0.1) is 0 Å². The Morgan fingerprint density at radius 2 is 1.95 bits per heavy atom. The van der Waals surface area contributed by atoms with E-state index in [4.69, 9.17) is 4.74 Å². The molecule has 0 saturated carbocycles. The van der Waals surface area contributed by atoms with E-state index in [0.717, 1.165) is 17.0 Å². The molecule has 4 heteroatoms. The number of benzene rings is 1. The molecule has 0 aliphatic heterocycles. The van der Waals surface area contributed by atoms with Gasteiger partial charge in [0, 0.05) is 24.0 Å². The summed E-state index contributed by atoms with van der Waals surface area (Å²) in [5, 5.41) is 0. The summed E-state index contributed by atoms with van der Waals surface area (Å²) in [7, 11) is 1.63. The van der Waals surface area contributed by atoms with Crippen LogP contribution in [-0.4, -0.2) is 18.0 Å². The third kappa shape index (κ3) is 3.81. The molecule has 0 N–H and O–H groups in total. The molecule has 0 spiro atoms. The number of aromatic nitrogens is 1. The Morgan fingerprint density at radius 1 is 1.24 bits per heavy atom. The summed E-state index contributed by atoms with van der Waals surface area (Å²) in [5.74, 6) is 0.796. The summed E-state index contributed by atoms with van der Waals surface area (Å²) in [4.78, 5) is 18.4. The number of pyridine rings is 1. The lowest BCUT2D eigenvalue weighted by Gasteiger charge is -2.25. The van der Waals surface area contributed by atoms with Crippen molar-refractivity contribution in [3.05, 3.63) is 54.4 Å². The zero-order chi connectivity index (χ0) is 15.2. The molecule has 1 aromatic heterocycles. The Balaban J connectivity index is 2.29. The van der Waals surface area contributed by atoms with Crippen LogP contribution in [0.25, 0.3) is 0 Å². The molecule has 0 atom stereocenters. The quantitative estimate of drug-likeness (QED) is 0.846. The number of anilines is 1. The highest BCUT2D eigenvalue weighted by Gasteiger charge is 2.19. The number of methoxy groups -OCH3 is 1. The van der Waals surface area contributed by atoms with Crippen molar-refractivity contribution < 1.29 is 9.53 Å². The molecule has 110 valence electrons. The standard InChI is InChI=1S/C17H20N2O2/c1-13(2)17(20)19(12-14-5-4-10-18-11-14)15-6-8-16(21-3)9-7-15/h4-11,13H,12H2,1-3H3. The highest BCUT2D eigenvalue weighted by atomic mass is 16.5. The second kappa shape index (κ2) is 6.88. The van der Waals surface area contributed by atoms with Gasteiger partial charge in [0.1, 0.15) is 5.75 Å². The normalized spacial score (nSPS) is 10.5. The number of nitrogens with zero attached hydrogens (tertiary/aromatic N) is 2. The van der Waals surface area contributed by atoms with Crippen molar-refractivity contribution >= 4 is 11.6 Å². The van der Waals surface area contributed by atoms with Gasteiger partial charge in [0.05, 0.1) is 13.7 Å². The molecule has 0 radical (unpaired) electrons. The van der Waals surface area contributed by atoms with E-state index in [2.05, 4.69) is 4.98 Å². The minimum atomic E-state index is -0.0660. The van der Waals surface area contributed by atoms with Crippen molar-refractivity contribution in [2.45, 2.75) is 20.4 Å². The maximum atomic E-state index is 12.5. The van der Waals surface area contributed by atoms with Gasteiger partial charge in [-0.25, -0.2) is 0 Å². The Labute approximate surface area is 125 Å². The number of ether oxygens (including phenoxy) is 1. The summed E-state index contributed by atoms with van der Waals surface area (Å²) < 4.78 is 5.16. The molecule has 0 aliphatic carbocycles. The monoisotopic (exact) mass is 284 g/mol. The van der Waals surface area contributed by atoms with Gasteiger partial charge in [0.15, 0.2) is 0 Å². The first-order chi connectivity index (χ1) is 10.1. The molecule has 1 amide bonds. The molecular weight excluding hydrogens is 264 g/mol. The number of hydrogen-bond donors (Lipinski definition) is 0. The predicted octanol–water partition coefficient (Wildman–Crippen LogP) is 3.28. The average molecular weight is 284 g/mol. The number of hydrogen-bond acceptors (Lipinski definition) is 3. The van der Waals surface area contributed by atoms with Crippen LogP contribution in [0, 0.1) is 5.92 Å². The van der Waals surface area contributed by atoms with Gasteiger partial charge in [-0.1, -0.05) is 19.9 Å². The molecule has 2 aromatic rings. The predicted molar refractivity (Wildman–Crippen MR) is 83.3 cm³/mol. The lowest BCUT2D eigenvalue weighted by atomic mass is 10.1. The van der Waals surface area contributed by atoms with E-state index in [1.54, 1.807) is 24.4 Å². The van der Waals surface area contributed by atoms with Crippen LogP contribution in [0.3, 0.4) is 0 Å². The van der Waals surface area contributed by atoms with Gasteiger partial charge >= 0.3 is 0 Å². The third-order valence-electron chi connectivity index (χ3n) is 3.21. The second-order valence-corrected chi connectivity index (χ2v) is 5.14. The lowest BCUT2D eigenvalue weighted by Crippen LogP contribution is -2.33. The minimum Gasteiger partial charge on any atom is -0.497 e. The maximum absolute atomic E-state index is 12.5. The first-order valence-corrected chi connectivity index (χ1v) is 6.96. The van der Waals surface area contributed by atoms with Crippen molar-refractivity contribution in [2.24, 2.45) is 5.92 Å². The molecule has 0 unspecified atom stereocenters. The molecule has 0 bridgehead atoms. The van der Waals surface area contributed by atoms with E-state index < -0.39 is 0 Å². The van der Waals surface area contributed by atoms with Crippen LogP contribution in [0.4, 0.5) is 5.69 Å². The molecule has 0 aliphatic rings. The van der Waals surface area contributed by atoms with Gasteiger partial charge in [0.2, 0.25) is 5.91 Å². The Kier molecular flexibility index (Phi) is 4.93. The van der Waals surface area contributed by atoms with E-state index >= 15 is 0 Å². The van der Waals surface area contributed by atoms with Crippen molar-refractivity contribution in [3.63, 3.8) is 0 Å². The van der Waals surface area contributed by atoms with E-state index in [0.29, 0.717) is 6.54 Å². The minimum absolute atomic E-state index is 0.0660. The molecule has 1 heterocycles. The van der Waals surface area contributed by atoms with Gasteiger partial charge in [-0.2, -0.15) is 0 Å². The van der Waals surface area contributed by atoms with E-state index in [1.165, 1.54) is 0 Å². The van der Waals surface area contributed by atoms with Crippen LogP contribution in [0.5, 0.6) is 5.75 Å². The SMILES string of the molecule is COc1ccc(N(Cc2cccnc2)C(=O)C(C)C)cc1. The zero-order valence-electron chi connectivity index (χ0n) is 12.6. The largest absolute Gasteiger partial charge is 0.497 e. The number of amides is 1. The summed E-state index contributed by atoms with van der Waals surface area (Å²) in [6, 6.07) is 11.4. The first-order valence-electron chi connectivity index (χ1n) is 6.96. The molecule has 21 heavy (non-hydrogen) atoms. The van der Waals surface area contributed by atoms with Crippen LogP contribution in [-0.2, 0) is 11.3 Å².